The number of nitrogens with two attached hydrogens (primary N) is 1. The zero-order valence-electron chi connectivity index (χ0n) is 11.7. The molecule has 6 heteroatoms. The zero-order chi connectivity index (χ0) is 14.8. The van der Waals surface area contributed by atoms with Crippen LogP contribution in [0.4, 0.5) is 4.39 Å². The number of benzene rings is 1. The zero-order valence-corrected chi connectivity index (χ0v) is 12.5. The molecule has 2 N–H and O–H groups in total. The van der Waals surface area contributed by atoms with Crippen LogP contribution in [0, 0.1) is 11.7 Å². The summed E-state index contributed by atoms with van der Waals surface area (Å²) in [6.07, 6.45) is 3.30. The maximum absolute atomic E-state index is 13.4. The maximum atomic E-state index is 13.4. The van der Waals surface area contributed by atoms with Crippen molar-refractivity contribution in [2.75, 3.05) is 13.1 Å². The second kappa shape index (κ2) is 6.20. The van der Waals surface area contributed by atoms with E-state index in [1.807, 2.05) is 0 Å². The van der Waals surface area contributed by atoms with Crippen LogP contribution in [0.1, 0.15) is 31.7 Å². The first kappa shape index (κ1) is 15.4. The Bertz CT molecular complexity index is 571. The molecule has 0 spiro atoms. The molecule has 1 aromatic rings. The molecule has 0 amide bonds. The number of rotatable bonds is 6. The first-order valence-corrected chi connectivity index (χ1v) is 8.41. The molecular weight excluding hydrogens is 279 g/mol. The largest absolute Gasteiger partial charge is 0.326 e. The van der Waals surface area contributed by atoms with Crippen molar-refractivity contribution in [1.29, 1.82) is 0 Å². The fourth-order valence-electron chi connectivity index (χ4n) is 2.44. The van der Waals surface area contributed by atoms with E-state index in [1.54, 1.807) is 6.92 Å². The number of nitrogens with zero attached hydrogens (tertiary/aromatic N) is 1. The molecule has 0 heterocycles. The summed E-state index contributed by atoms with van der Waals surface area (Å²) in [5, 5.41) is 0. The van der Waals surface area contributed by atoms with Crippen molar-refractivity contribution in [2.45, 2.75) is 37.6 Å². The van der Waals surface area contributed by atoms with Gasteiger partial charge in [0.2, 0.25) is 10.0 Å². The Kier molecular flexibility index (Phi) is 4.78. The first-order valence-electron chi connectivity index (χ1n) is 6.97. The lowest BCUT2D eigenvalue weighted by Crippen LogP contribution is -2.37. The van der Waals surface area contributed by atoms with Gasteiger partial charge in [0.05, 0.1) is 4.90 Å². The van der Waals surface area contributed by atoms with Crippen LogP contribution >= 0.6 is 0 Å². The minimum atomic E-state index is -3.67. The van der Waals surface area contributed by atoms with Crippen molar-refractivity contribution in [2.24, 2.45) is 11.7 Å². The van der Waals surface area contributed by atoms with Crippen molar-refractivity contribution in [3.05, 3.63) is 29.6 Å². The molecule has 1 aliphatic carbocycles. The van der Waals surface area contributed by atoms with E-state index < -0.39 is 15.8 Å². The molecule has 1 saturated carbocycles. The van der Waals surface area contributed by atoms with Gasteiger partial charge in [-0.15, -0.1) is 0 Å². The molecule has 0 bridgehead atoms. The van der Waals surface area contributed by atoms with Crippen molar-refractivity contribution >= 4 is 10.0 Å². The van der Waals surface area contributed by atoms with E-state index in [1.165, 1.54) is 16.4 Å². The summed E-state index contributed by atoms with van der Waals surface area (Å²) in [5.74, 6) is -0.125. The minimum Gasteiger partial charge on any atom is -0.326 e. The molecular formula is C14H21FN2O2S. The van der Waals surface area contributed by atoms with Gasteiger partial charge in [-0.1, -0.05) is 19.4 Å². The highest BCUT2D eigenvalue weighted by Crippen LogP contribution is 2.30. The van der Waals surface area contributed by atoms with Crippen LogP contribution in [0.25, 0.3) is 0 Å². The SMILES string of the molecule is CCN(CC1CCC1)S(=O)(=O)c1cc(F)ccc1CN. The second-order valence-electron chi connectivity index (χ2n) is 5.21. The number of hydrogen-bond donors (Lipinski definition) is 1. The van der Waals surface area contributed by atoms with E-state index in [0.29, 0.717) is 24.6 Å². The van der Waals surface area contributed by atoms with Crippen molar-refractivity contribution < 1.29 is 12.8 Å². The lowest BCUT2D eigenvalue weighted by molar-refractivity contribution is 0.250. The van der Waals surface area contributed by atoms with Crippen LogP contribution in [0.2, 0.25) is 0 Å². The van der Waals surface area contributed by atoms with Gasteiger partial charge in [-0.25, -0.2) is 12.8 Å². The number of halogens is 1. The Morgan fingerprint density at radius 3 is 2.60 bits per heavy atom. The number of hydrogen-bond acceptors (Lipinski definition) is 3. The van der Waals surface area contributed by atoms with Gasteiger partial charge >= 0.3 is 0 Å². The number of sulfonamides is 1. The molecule has 20 heavy (non-hydrogen) atoms. The van der Waals surface area contributed by atoms with Crippen LogP contribution in [0.15, 0.2) is 23.1 Å². The van der Waals surface area contributed by atoms with E-state index in [-0.39, 0.29) is 11.4 Å². The van der Waals surface area contributed by atoms with Gasteiger partial charge in [0, 0.05) is 19.6 Å². The van der Waals surface area contributed by atoms with E-state index >= 15 is 0 Å². The van der Waals surface area contributed by atoms with Gasteiger partial charge in [0.1, 0.15) is 5.82 Å². The summed E-state index contributed by atoms with van der Waals surface area (Å²) in [5.41, 5.74) is 6.03. The molecule has 1 aliphatic rings. The average Bonchev–Trinajstić information content (AvgIpc) is 2.37. The summed E-state index contributed by atoms with van der Waals surface area (Å²) in [4.78, 5) is 0.00109. The molecule has 0 radical (unpaired) electrons. The van der Waals surface area contributed by atoms with Crippen LogP contribution < -0.4 is 5.73 Å². The van der Waals surface area contributed by atoms with Gasteiger partial charge in [-0.3, -0.25) is 0 Å². The molecule has 4 nitrogen and oxygen atoms in total. The fourth-order valence-corrected chi connectivity index (χ4v) is 4.21. The third-order valence-corrected chi connectivity index (χ3v) is 5.93. The third kappa shape index (κ3) is 3.02. The average molecular weight is 300 g/mol. The van der Waals surface area contributed by atoms with Gasteiger partial charge in [0.25, 0.3) is 0 Å². The van der Waals surface area contributed by atoms with Crippen LogP contribution in [0.5, 0.6) is 0 Å². The summed E-state index contributed by atoms with van der Waals surface area (Å²) in [6.45, 7) is 2.78. The standard InChI is InChI=1S/C14H21FN2O2S/c1-2-17(10-11-4-3-5-11)20(18,19)14-8-13(15)7-6-12(14)9-16/h6-8,11H,2-5,9-10,16H2,1H3. The van der Waals surface area contributed by atoms with E-state index in [0.717, 1.165) is 25.3 Å². The quantitative estimate of drug-likeness (QED) is 0.875. The molecule has 0 atom stereocenters. The van der Waals surface area contributed by atoms with Crippen LogP contribution in [0.3, 0.4) is 0 Å². The van der Waals surface area contributed by atoms with Gasteiger partial charge < -0.3 is 5.73 Å². The van der Waals surface area contributed by atoms with Gasteiger partial charge in [-0.2, -0.15) is 4.31 Å². The smallest absolute Gasteiger partial charge is 0.243 e. The van der Waals surface area contributed by atoms with Crippen molar-refractivity contribution in [1.82, 2.24) is 4.31 Å². The maximum Gasteiger partial charge on any atom is 0.243 e. The summed E-state index contributed by atoms with van der Waals surface area (Å²) in [6, 6.07) is 3.75. The van der Waals surface area contributed by atoms with E-state index in [2.05, 4.69) is 0 Å². The summed E-state index contributed by atoms with van der Waals surface area (Å²) >= 11 is 0. The Morgan fingerprint density at radius 2 is 2.10 bits per heavy atom. The molecule has 0 unspecified atom stereocenters. The monoisotopic (exact) mass is 300 g/mol. The highest BCUT2D eigenvalue weighted by Gasteiger charge is 2.30. The molecule has 112 valence electrons. The molecule has 2 rings (SSSR count). The fraction of sp³-hybridized carbons (Fsp3) is 0.571. The van der Waals surface area contributed by atoms with E-state index in [9.17, 15) is 12.8 Å². The Hall–Kier alpha value is -0.980. The highest BCUT2D eigenvalue weighted by atomic mass is 32.2. The highest BCUT2D eigenvalue weighted by molar-refractivity contribution is 7.89. The second-order valence-corrected chi connectivity index (χ2v) is 7.12. The lowest BCUT2D eigenvalue weighted by Gasteiger charge is -2.31. The molecule has 1 aromatic carbocycles. The van der Waals surface area contributed by atoms with Crippen molar-refractivity contribution in [3.8, 4) is 0 Å². The predicted octanol–water partition coefficient (Wildman–Crippen LogP) is 2.10. The predicted molar refractivity (Wildman–Crippen MR) is 76.1 cm³/mol. The van der Waals surface area contributed by atoms with Crippen molar-refractivity contribution in [3.63, 3.8) is 0 Å². The first-order chi connectivity index (χ1) is 9.48. The lowest BCUT2D eigenvalue weighted by atomic mass is 9.85. The third-order valence-electron chi connectivity index (χ3n) is 3.91. The van der Waals surface area contributed by atoms with Gasteiger partial charge in [-0.05, 0) is 36.5 Å². The van der Waals surface area contributed by atoms with Crippen LogP contribution in [-0.2, 0) is 16.6 Å². The Balaban J connectivity index is 2.33. The summed E-state index contributed by atoms with van der Waals surface area (Å²) in [7, 11) is -3.67. The molecule has 0 aliphatic heterocycles. The van der Waals surface area contributed by atoms with Crippen LogP contribution in [-0.4, -0.2) is 25.8 Å². The Labute approximate surface area is 119 Å². The molecule has 0 aromatic heterocycles. The molecule has 0 saturated heterocycles. The Morgan fingerprint density at radius 1 is 1.40 bits per heavy atom. The van der Waals surface area contributed by atoms with E-state index in [4.69, 9.17) is 5.73 Å². The molecule has 1 fully saturated rings. The minimum absolute atomic E-state index is 0.00109. The topological polar surface area (TPSA) is 63.4 Å². The normalized spacial score (nSPS) is 16.4. The summed E-state index contributed by atoms with van der Waals surface area (Å²) < 4.78 is 40.2. The van der Waals surface area contributed by atoms with Gasteiger partial charge in [0.15, 0.2) is 0 Å².